The van der Waals surface area contributed by atoms with Gasteiger partial charge in [0.2, 0.25) is 0 Å². The molecule has 0 saturated heterocycles. The molecule has 0 fully saturated rings. The molecule has 0 aromatic heterocycles. The number of aryl methyl sites for hydroxylation is 1. The standard InChI is InChI=1S/C20H26ClNO2/c1-4-9-24-19-7-5-15(10-14(19)2)17(13-22)11-16-12-18(21)6-8-20(16)23-3/h5-8,10,12,17H,4,9,11,13,22H2,1-3H3. The summed E-state index contributed by atoms with van der Waals surface area (Å²) in [5, 5.41) is 0.709. The fourth-order valence-electron chi connectivity index (χ4n) is 2.81. The van der Waals surface area contributed by atoms with E-state index in [1.54, 1.807) is 7.11 Å². The Balaban J connectivity index is 2.22. The lowest BCUT2D eigenvalue weighted by molar-refractivity contribution is 0.315. The normalized spacial score (nSPS) is 12.0. The van der Waals surface area contributed by atoms with E-state index in [0.717, 1.165) is 42.1 Å². The molecule has 0 spiro atoms. The second-order valence-electron chi connectivity index (χ2n) is 5.97. The first-order chi connectivity index (χ1) is 11.6. The zero-order valence-electron chi connectivity index (χ0n) is 14.6. The summed E-state index contributed by atoms with van der Waals surface area (Å²) in [6.07, 6.45) is 1.79. The van der Waals surface area contributed by atoms with E-state index in [2.05, 4.69) is 26.0 Å². The van der Waals surface area contributed by atoms with Gasteiger partial charge in [-0.3, -0.25) is 0 Å². The van der Waals surface area contributed by atoms with E-state index in [-0.39, 0.29) is 5.92 Å². The molecule has 0 saturated carbocycles. The highest BCUT2D eigenvalue weighted by atomic mass is 35.5. The predicted octanol–water partition coefficient (Wildman–Crippen LogP) is 4.73. The van der Waals surface area contributed by atoms with Gasteiger partial charge in [0.05, 0.1) is 13.7 Å². The molecule has 1 atom stereocenters. The minimum absolute atomic E-state index is 0.205. The van der Waals surface area contributed by atoms with Crippen molar-refractivity contribution < 1.29 is 9.47 Å². The van der Waals surface area contributed by atoms with Gasteiger partial charge in [0.15, 0.2) is 0 Å². The van der Waals surface area contributed by atoms with E-state index >= 15 is 0 Å². The molecule has 2 aromatic rings. The summed E-state index contributed by atoms with van der Waals surface area (Å²) in [7, 11) is 1.67. The van der Waals surface area contributed by atoms with Gasteiger partial charge in [-0.15, -0.1) is 0 Å². The number of methoxy groups -OCH3 is 1. The van der Waals surface area contributed by atoms with Crippen LogP contribution in [0.4, 0.5) is 0 Å². The van der Waals surface area contributed by atoms with E-state index in [1.807, 2.05) is 24.3 Å². The van der Waals surface area contributed by atoms with Crippen molar-refractivity contribution in [3.63, 3.8) is 0 Å². The molecular weight excluding hydrogens is 322 g/mol. The van der Waals surface area contributed by atoms with Crippen LogP contribution < -0.4 is 15.2 Å². The van der Waals surface area contributed by atoms with Crippen molar-refractivity contribution in [1.82, 2.24) is 0 Å². The molecule has 0 amide bonds. The lowest BCUT2D eigenvalue weighted by Crippen LogP contribution is -2.16. The first-order valence-electron chi connectivity index (χ1n) is 8.34. The van der Waals surface area contributed by atoms with Crippen LogP contribution in [0.3, 0.4) is 0 Å². The van der Waals surface area contributed by atoms with Gasteiger partial charge < -0.3 is 15.2 Å². The number of halogens is 1. The quantitative estimate of drug-likeness (QED) is 0.750. The molecule has 1 unspecified atom stereocenters. The van der Waals surface area contributed by atoms with Crippen molar-refractivity contribution in [3.05, 3.63) is 58.1 Å². The first-order valence-corrected chi connectivity index (χ1v) is 8.72. The van der Waals surface area contributed by atoms with Gasteiger partial charge in [-0.1, -0.05) is 30.7 Å². The SMILES string of the molecule is CCCOc1ccc(C(CN)Cc2cc(Cl)ccc2OC)cc1C. The zero-order chi connectivity index (χ0) is 17.5. The molecule has 2 aromatic carbocycles. The summed E-state index contributed by atoms with van der Waals surface area (Å²) in [4.78, 5) is 0. The maximum atomic E-state index is 6.14. The van der Waals surface area contributed by atoms with Gasteiger partial charge in [-0.25, -0.2) is 0 Å². The Bertz CT molecular complexity index is 673. The molecule has 0 aliphatic carbocycles. The molecule has 0 heterocycles. The summed E-state index contributed by atoms with van der Waals surface area (Å²) >= 11 is 6.14. The summed E-state index contributed by atoms with van der Waals surface area (Å²) in [6.45, 7) is 5.47. The molecule has 130 valence electrons. The van der Waals surface area contributed by atoms with Gasteiger partial charge in [0, 0.05) is 10.9 Å². The highest BCUT2D eigenvalue weighted by Crippen LogP contribution is 2.30. The third kappa shape index (κ3) is 4.65. The van der Waals surface area contributed by atoms with Crippen LogP contribution >= 0.6 is 11.6 Å². The summed E-state index contributed by atoms with van der Waals surface area (Å²) in [5.41, 5.74) is 9.46. The van der Waals surface area contributed by atoms with Crippen molar-refractivity contribution in [3.8, 4) is 11.5 Å². The predicted molar refractivity (Wildman–Crippen MR) is 100 cm³/mol. The molecule has 3 nitrogen and oxygen atoms in total. The fraction of sp³-hybridized carbons (Fsp3) is 0.400. The topological polar surface area (TPSA) is 44.5 Å². The Morgan fingerprint density at radius 3 is 2.50 bits per heavy atom. The number of nitrogens with two attached hydrogens (primary N) is 1. The highest BCUT2D eigenvalue weighted by molar-refractivity contribution is 6.30. The van der Waals surface area contributed by atoms with Crippen LogP contribution in [-0.2, 0) is 6.42 Å². The van der Waals surface area contributed by atoms with E-state index in [1.165, 1.54) is 5.56 Å². The van der Waals surface area contributed by atoms with Gasteiger partial charge >= 0.3 is 0 Å². The van der Waals surface area contributed by atoms with Crippen molar-refractivity contribution in [1.29, 1.82) is 0 Å². The van der Waals surface area contributed by atoms with Gasteiger partial charge in [-0.2, -0.15) is 0 Å². The average Bonchev–Trinajstić information content (AvgIpc) is 2.58. The summed E-state index contributed by atoms with van der Waals surface area (Å²) < 4.78 is 11.2. The summed E-state index contributed by atoms with van der Waals surface area (Å²) in [5.74, 6) is 1.99. The molecular formula is C20H26ClNO2. The Kier molecular flexibility index (Phi) is 6.95. The Hall–Kier alpha value is -1.71. The van der Waals surface area contributed by atoms with Gasteiger partial charge in [0.1, 0.15) is 11.5 Å². The number of hydrogen-bond donors (Lipinski definition) is 1. The molecule has 0 aliphatic rings. The largest absolute Gasteiger partial charge is 0.496 e. The van der Waals surface area contributed by atoms with E-state index in [4.69, 9.17) is 26.8 Å². The minimum atomic E-state index is 0.205. The average molecular weight is 348 g/mol. The molecule has 0 bridgehead atoms. The van der Waals surface area contributed by atoms with Crippen LogP contribution in [0.5, 0.6) is 11.5 Å². The number of hydrogen-bond acceptors (Lipinski definition) is 3. The fourth-order valence-corrected chi connectivity index (χ4v) is 3.00. The molecule has 4 heteroatoms. The molecule has 0 radical (unpaired) electrons. The number of benzene rings is 2. The van der Waals surface area contributed by atoms with E-state index in [9.17, 15) is 0 Å². The molecule has 2 rings (SSSR count). The molecule has 24 heavy (non-hydrogen) atoms. The van der Waals surface area contributed by atoms with Gasteiger partial charge in [0.25, 0.3) is 0 Å². The minimum Gasteiger partial charge on any atom is -0.496 e. The van der Waals surface area contributed by atoms with Crippen LogP contribution in [0.1, 0.15) is 36.0 Å². The second kappa shape index (κ2) is 8.95. The second-order valence-corrected chi connectivity index (χ2v) is 6.40. The third-order valence-electron chi connectivity index (χ3n) is 4.13. The Morgan fingerprint density at radius 2 is 1.88 bits per heavy atom. The van der Waals surface area contributed by atoms with Crippen molar-refractivity contribution >= 4 is 11.6 Å². The van der Waals surface area contributed by atoms with Crippen LogP contribution in [-0.4, -0.2) is 20.3 Å². The third-order valence-corrected chi connectivity index (χ3v) is 4.36. The maximum Gasteiger partial charge on any atom is 0.122 e. The van der Waals surface area contributed by atoms with Gasteiger partial charge in [-0.05, 0) is 67.3 Å². The Labute approximate surface area is 149 Å². The number of ether oxygens (including phenoxy) is 2. The van der Waals surface area contributed by atoms with E-state index < -0.39 is 0 Å². The highest BCUT2D eigenvalue weighted by Gasteiger charge is 2.15. The van der Waals surface area contributed by atoms with E-state index in [0.29, 0.717) is 11.6 Å². The monoisotopic (exact) mass is 347 g/mol. The smallest absolute Gasteiger partial charge is 0.122 e. The summed E-state index contributed by atoms with van der Waals surface area (Å²) in [6, 6.07) is 12.0. The lowest BCUT2D eigenvalue weighted by atomic mass is 9.90. The molecule has 2 N–H and O–H groups in total. The van der Waals surface area contributed by atoms with Crippen molar-refractivity contribution in [2.45, 2.75) is 32.6 Å². The first kappa shape index (κ1) is 18.6. The van der Waals surface area contributed by atoms with Crippen molar-refractivity contribution in [2.24, 2.45) is 5.73 Å². The zero-order valence-corrected chi connectivity index (χ0v) is 15.4. The maximum absolute atomic E-state index is 6.14. The lowest BCUT2D eigenvalue weighted by Gasteiger charge is -2.19. The van der Waals surface area contributed by atoms with Crippen LogP contribution in [0.25, 0.3) is 0 Å². The van der Waals surface area contributed by atoms with Crippen LogP contribution in [0, 0.1) is 6.92 Å². The number of rotatable bonds is 8. The molecule has 0 aliphatic heterocycles. The van der Waals surface area contributed by atoms with Crippen LogP contribution in [0.15, 0.2) is 36.4 Å². The Morgan fingerprint density at radius 1 is 1.12 bits per heavy atom. The van der Waals surface area contributed by atoms with Crippen molar-refractivity contribution in [2.75, 3.05) is 20.3 Å². The van der Waals surface area contributed by atoms with Crippen LogP contribution in [0.2, 0.25) is 5.02 Å².